The van der Waals surface area contributed by atoms with E-state index in [4.69, 9.17) is 8.85 Å². The predicted octanol–water partition coefficient (Wildman–Crippen LogP) is 6.51. The fourth-order valence-electron chi connectivity index (χ4n) is 2.69. The highest BCUT2D eigenvalue weighted by atomic mass is 28.3. The highest BCUT2D eigenvalue weighted by Gasteiger charge is 2.36. The predicted molar refractivity (Wildman–Crippen MR) is 98.4 cm³/mol. The topological polar surface area (TPSA) is 18.5 Å². The molecule has 28 heavy (non-hydrogen) atoms. The van der Waals surface area contributed by atoms with E-state index in [2.05, 4.69) is 0 Å². The second-order valence-electron chi connectivity index (χ2n) is 6.68. The molecule has 0 fully saturated rings. The number of hydrogen-bond donors (Lipinski definition) is 0. The summed E-state index contributed by atoms with van der Waals surface area (Å²) in [5.41, 5.74) is -2.46. The Balaban J connectivity index is 2.59. The molecule has 0 bridgehead atoms. The molecule has 0 saturated heterocycles. The summed E-state index contributed by atoms with van der Waals surface area (Å²) in [6.07, 6.45) is -5.64. The zero-order chi connectivity index (χ0) is 21.2. The Bertz CT molecular complexity index is 534. The maximum Gasteiger partial charge on any atom is 0.416 e. The standard InChI is InChI=1S/C19H28F6O2Si/c1-3-9-26-28(27-10-4-2)11-7-5-6-8-15-12-16(18(20,21)22)14-17(13-15)19(23,24)25/h12-14,28H,3-11H2,1-2H3. The number of unbranched alkanes of at least 4 members (excludes halogenated alkanes) is 2. The summed E-state index contributed by atoms with van der Waals surface area (Å²) in [6.45, 7) is 5.31. The fourth-order valence-corrected chi connectivity index (χ4v) is 4.74. The molecule has 2 nitrogen and oxygen atoms in total. The van der Waals surface area contributed by atoms with Gasteiger partial charge in [-0.1, -0.05) is 26.7 Å². The van der Waals surface area contributed by atoms with Crippen molar-refractivity contribution < 1.29 is 35.2 Å². The van der Waals surface area contributed by atoms with Crippen LogP contribution in [0.1, 0.15) is 62.6 Å². The van der Waals surface area contributed by atoms with Crippen LogP contribution >= 0.6 is 0 Å². The van der Waals surface area contributed by atoms with Crippen LogP contribution < -0.4 is 0 Å². The molecule has 0 aliphatic carbocycles. The minimum Gasteiger partial charge on any atom is -0.397 e. The molecule has 0 aliphatic heterocycles. The monoisotopic (exact) mass is 430 g/mol. The first-order valence-corrected chi connectivity index (χ1v) is 11.4. The second kappa shape index (κ2) is 11.8. The fraction of sp³-hybridized carbons (Fsp3) is 0.684. The molecular weight excluding hydrogens is 402 g/mol. The van der Waals surface area contributed by atoms with Crippen LogP contribution in [0.2, 0.25) is 6.04 Å². The molecule has 0 radical (unpaired) electrons. The van der Waals surface area contributed by atoms with Gasteiger partial charge in [0, 0.05) is 13.2 Å². The molecule has 1 aromatic rings. The van der Waals surface area contributed by atoms with Crippen molar-refractivity contribution >= 4 is 9.28 Å². The third kappa shape index (κ3) is 9.42. The first kappa shape index (κ1) is 25.0. The van der Waals surface area contributed by atoms with Gasteiger partial charge in [0.25, 0.3) is 0 Å². The summed E-state index contributed by atoms with van der Waals surface area (Å²) < 4.78 is 88.7. The molecule has 0 saturated carbocycles. The molecule has 0 heterocycles. The quantitative estimate of drug-likeness (QED) is 0.214. The van der Waals surface area contributed by atoms with Crippen LogP contribution in [-0.4, -0.2) is 22.5 Å². The summed E-state index contributed by atoms with van der Waals surface area (Å²) in [6, 6.07) is 2.56. The van der Waals surface area contributed by atoms with Crippen LogP contribution in [0.4, 0.5) is 26.3 Å². The van der Waals surface area contributed by atoms with Gasteiger partial charge in [0.2, 0.25) is 0 Å². The van der Waals surface area contributed by atoms with E-state index in [0.29, 0.717) is 26.1 Å². The van der Waals surface area contributed by atoms with Crippen molar-refractivity contribution in [2.75, 3.05) is 13.2 Å². The van der Waals surface area contributed by atoms with E-state index >= 15 is 0 Å². The van der Waals surface area contributed by atoms with E-state index in [-0.39, 0.29) is 18.1 Å². The highest BCUT2D eigenvalue weighted by Crippen LogP contribution is 2.36. The number of aryl methyl sites for hydroxylation is 1. The molecule has 1 rings (SSSR count). The zero-order valence-electron chi connectivity index (χ0n) is 16.3. The maximum absolute atomic E-state index is 12.9. The van der Waals surface area contributed by atoms with E-state index < -0.39 is 32.8 Å². The highest BCUT2D eigenvalue weighted by molar-refractivity contribution is 6.44. The van der Waals surface area contributed by atoms with Crippen molar-refractivity contribution in [3.63, 3.8) is 0 Å². The number of benzene rings is 1. The molecule has 0 unspecified atom stereocenters. The Morgan fingerprint density at radius 2 is 1.25 bits per heavy atom. The van der Waals surface area contributed by atoms with Gasteiger partial charge in [0.1, 0.15) is 0 Å². The van der Waals surface area contributed by atoms with Crippen LogP contribution in [-0.2, 0) is 27.6 Å². The smallest absolute Gasteiger partial charge is 0.397 e. The van der Waals surface area contributed by atoms with Crippen molar-refractivity contribution in [2.45, 2.75) is 70.8 Å². The Morgan fingerprint density at radius 1 is 0.750 bits per heavy atom. The van der Waals surface area contributed by atoms with Gasteiger partial charge in [-0.05, 0) is 55.5 Å². The van der Waals surface area contributed by atoms with Gasteiger partial charge in [-0.25, -0.2) is 0 Å². The summed E-state index contributed by atoms with van der Waals surface area (Å²) >= 11 is 0. The lowest BCUT2D eigenvalue weighted by Gasteiger charge is -2.16. The maximum atomic E-state index is 12.9. The molecule has 0 aromatic heterocycles. The number of rotatable bonds is 12. The van der Waals surface area contributed by atoms with Gasteiger partial charge in [0.15, 0.2) is 0 Å². The molecule has 1 aromatic carbocycles. The molecular formula is C19H28F6O2Si. The largest absolute Gasteiger partial charge is 0.416 e. The van der Waals surface area contributed by atoms with Gasteiger partial charge < -0.3 is 8.85 Å². The van der Waals surface area contributed by atoms with Gasteiger partial charge in [-0.2, -0.15) is 26.3 Å². The van der Waals surface area contributed by atoms with E-state index in [1.165, 1.54) is 0 Å². The molecule has 0 aliphatic rings. The lowest BCUT2D eigenvalue weighted by molar-refractivity contribution is -0.143. The Morgan fingerprint density at radius 3 is 1.68 bits per heavy atom. The molecule has 0 spiro atoms. The van der Waals surface area contributed by atoms with Crippen LogP contribution in [0.15, 0.2) is 18.2 Å². The third-order valence-electron chi connectivity index (χ3n) is 4.07. The van der Waals surface area contributed by atoms with Crippen LogP contribution in [0.3, 0.4) is 0 Å². The van der Waals surface area contributed by atoms with Crippen molar-refractivity contribution in [3.8, 4) is 0 Å². The number of halogens is 6. The minimum atomic E-state index is -4.80. The molecule has 9 heteroatoms. The first-order chi connectivity index (χ1) is 13.1. The van der Waals surface area contributed by atoms with Crippen molar-refractivity contribution in [1.82, 2.24) is 0 Å². The van der Waals surface area contributed by atoms with Gasteiger partial charge >= 0.3 is 21.6 Å². The zero-order valence-corrected chi connectivity index (χ0v) is 17.4. The lowest BCUT2D eigenvalue weighted by atomic mass is 10.0. The van der Waals surface area contributed by atoms with Crippen molar-refractivity contribution in [3.05, 3.63) is 34.9 Å². The van der Waals surface area contributed by atoms with Crippen LogP contribution in [0, 0.1) is 0 Å². The van der Waals surface area contributed by atoms with Crippen molar-refractivity contribution in [2.24, 2.45) is 0 Å². The average Bonchev–Trinajstić information content (AvgIpc) is 2.61. The van der Waals surface area contributed by atoms with E-state index in [1.54, 1.807) is 0 Å². The SMILES string of the molecule is CCCO[SiH](CCCCCc1cc(C(F)(F)F)cc(C(F)(F)F)c1)OCCC. The lowest BCUT2D eigenvalue weighted by Crippen LogP contribution is -2.23. The third-order valence-corrected chi connectivity index (χ3v) is 6.16. The van der Waals surface area contributed by atoms with Crippen LogP contribution in [0.25, 0.3) is 0 Å². The summed E-state index contributed by atoms with van der Waals surface area (Å²) in [5, 5.41) is 0. The number of hydrogen-bond acceptors (Lipinski definition) is 2. The van der Waals surface area contributed by atoms with Crippen LogP contribution in [0.5, 0.6) is 0 Å². The Kier molecular flexibility index (Phi) is 10.5. The summed E-state index contributed by atoms with van der Waals surface area (Å²) in [4.78, 5) is 0. The molecule has 162 valence electrons. The van der Waals surface area contributed by atoms with Gasteiger partial charge in [-0.3, -0.25) is 0 Å². The Labute approximate surface area is 164 Å². The van der Waals surface area contributed by atoms with Gasteiger partial charge in [0.05, 0.1) is 11.1 Å². The number of alkyl halides is 6. The minimum absolute atomic E-state index is 0.0559. The second-order valence-corrected chi connectivity index (χ2v) is 8.79. The van der Waals surface area contributed by atoms with E-state index in [1.807, 2.05) is 13.8 Å². The first-order valence-electron chi connectivity index (χ1n) is 9.59. The molecule has 0 atom stereocenters. The van der Waals surface area contributed by atoms with E-state index in [0.717, 1.165) is 37.4 Å². The average molecular weight is 431 g/mol. The van der Waals surface area contributed by atoms with Gasteiger partial charge in [-0.15, -0.1) is 0 Å². The molecule has 0 N–H and O–H groups in total. The summed E-state index contributed by atoms with van der Waals surface area (Å²) in [7, 11) is -1.74. The molecule has 0 amide bonds. The van der Waals surface area contributed by atoms with E-state index in [9.17, 15) is 26.3 Å². The normalized spacial score (nSPS) is 12.8. The Hall–Kier alpha value is -1.06. The summed E-state index contributed by atoms with van der Waals surface area (Å²) in [5.74, 6) is 0. The van der Waals surface area contributed by atoms with Crippen molar-refractivity contribution in [1.29, 1.82) is 0 Å².